The summed E-state index contributed by atoms with van der Waals surface area (Å²) in [6.45, 7) is 12.6. The first-order chi connectivity index (χ1) is 6.26. The fourth-order valence-electron chi connectivity index (χ4n) is 0.757. The lowest BCUT2D eigenvalue weighted by Crippen LogP contribution is -2.27. The summed E-state index contributed by atoms with van der Waals surface area (Å²) >= 11 is 6.83. The van der Waals surface area contributed by atoms with Gasteiger partial charge in [-0.15, -0.1) is 19.7 Å². The Hall–Kier alpha value is -0.540. The Balaban J connectivity index is 4.00. The van der Waals surface area contributed by atoms with Crippen molar-refractivity contribution in [1.82, 2.24) is 4.90 Å². The van der Waals surface area contributed by atoms with Crippen LogP contribution < -0.4 is 0 Å². The summed E-state index contributed by atoms with van der Waals surface area (Å²) in [5, 5.41) is 0. The highest BCUT2D eigenvalue weighted by Crippen LogP contribution is 2.09. The van der Waals surface area contributed by atoms with Crippen LogP contribution in [0.25, 0.3) is 0 Å². The van der Waals surface area contributed by atoms with Crippen LogP contribution in [0.3, 0.4) is 0 Å². The van der Waals surface area contributed by atoms with Gasteiger partial charge in [0.1, 0.15) is 4.32 Å². The summed E-state index contributed by atoms with van der Waals surface area (Å²) in [6.07, 6.45) is 5.52. The Morgan fingerprint density at radius 3 is 2.08 bits per heavy atom. The molecular formula is C10H15NS2. The van der Waals surface area contributed by atoms with Crippen molar-refractivity contribution in [1.29, 1.82) is 0 Å². The van der Waals surface area contributed by atoms with E-state index in [0.717, 1.165) is 23.2 Å². The minimum absolute atomic E-state index is 0.773. The van der Waals surface area contributed by atoms with Gasteiger partial charge in [-0.2, -0.15) is 0 Å². The first-order valence-electron chi connectivity index (χ1n) is 4.00. The van der Waals surface area contributed by atoms with E-state index in [-0.39, 0.29) is 0 Å². The maximum Gasteiger partial charge on any atom is 0.137 e. The second-order valence-electron chi connectivity index (χ2n) is 2.35. The van der Waals surface area contributed by atoms with E-state index in [0.29, 0.717) is 0 Å². The summed E-state index contributed by atoms with van der Waals surface area (Å²) < 4.78 is 0.875. The lowest BCUT2D eigenvalue weighted by Gasteiger charge is -2.20. The molecule has 13 heavy (non-hydrogen) atoms. The molecule has 0 fully saturated rings. The average Bonchev–Trinajstić information content (AvgIpc) is 2.14. The number of hydrogen-bond acceptors (Lipinski definition) is 2. The monoisotopic (exact) mass is 213 g/mol. The van der Waals surface area contributed by atoms with Gasteiger partial charge in [-0.25, -0.2) is 0 Å². The normalized spacial score (nSPS) is 8.92. The van der Waals surface area contributed by atoms with Crippen molar-refractivity contribution >= 4 is 28.3 Å². The molecule has 0 unspecified atom stereocenters. The molecule has 3 heteroatoms. The van der Waals surface area contributed by atoms with Crippen molar-refractivity contribution in [3.8, 4) is 0 Å². The standard InChI is InChI=1S/C10H15NS2/c1-4-7-11(8-5-2)10(12)13-9-6-3/h4-6H,1-3,7-9H2. The van der Waals surface area contributed by atoms with Gasteiger partial charge in [0.2, 0.25) is 0 Å². The van der Waals surface area contributed by atoms with Crippen molar-refractivity contribution < 1.29 is 0 Å². The molecule has 1 nitrogen and oxygen atoms in total. The van der Waals surface area contributed by atoms with E-state index in [1.165, 1.54) is 0 Å². The van der Waals surface area contributed by atoms with E-state index in [9.17, 15) is 0 Å². The van der Waals surface area contributed by atoms with Crippen LogP contribution in [0.2, 0.25) is 0 Å². The van der Waals surface area contributed by atoms with Gasteiger partial charge >= 0.3 is 0 Å². The first kappa shape index (κ1) is 12.5. The van der Waals surface area contributed by atoms with Gasteiger partial charge in [0.15, 0.2) is 0 Å². The lowest BCUT2D eigenvalue weighted by atomic mass is 10.5. The number of hydrogen-bond donors (Lipinski definition) is 0. The van der Waals surface area contributed by atoms with Crippen LogP contribution in [0.5, 0.6) is 0 Å². The van der Waals surface area contributed by atoms with Crippen LogP contribution >= 0.6 is 24.0 Å². The molecule has 0 saturated heterocycles. The predicted molar refractivity (Wildman–Crippen MR) is 67.2 cm³/mol. The molecule has 0 radical (unpaired) electrons. The fraction of sp³-hybridized carbons (Fsp3) is 0.300. The van der Waals surface area contributed by atoms with Gasteiger partial charge < -0.3 is 4.90 Å². The summed E-state index contributed by atoms with van der Waals surface area (Å²) in [7, 11) is 0. The molecule has 0 atom stereocenters. The molecule has 0 saturated carbocycles. The minimum atomic E-state index is 0.773. The minimum Gasteiger partial charge on any atom is -0.350 e. The Morgan fingerprint density at radius 2 is 1.69 bits per heavy atom. The molecule has 0 aliphatic heterocycles. The molecule has 0 spiro atoms. The van der Waals surface area contributed by atoms with E-state index in [1.807, 2.05) is 23.1 Å². The van der Waals surface area contributed by atoms with Crippen LogP contribution in [-0.2, 0) is 0 Å². The Kier molecular flexibility index (Phi) is 7.74. The smallest absolute Gasteiger partial charge is 0.137 e. The zero-order valence-corrected chi connectivity index (χ0v) is 9.37. The molecule has 0 aliphatic carbocycles. The maximum absolute atomic E-state index is 5.22. The highest BCUT2D eigenvalue weighted by Gasteiger charge is 2.04. The van der Waals surface area contributed by atoms with Crippen LogP contribution in [0.15, 0.2) is 38.0 Å². The zero-order chi connectivity index (χ0) is 10.1. The number of nitrogens with zero attached hydrogens (tertiary/aromatic N) is 1. The van der Waals surface area contributed by atoms with Crippen LogP contribution in [0.1, 0.15) is 0 Å². The molecule has 72 valence electrons. The average molecular weight is 213 g/mol. The topological polar surface area (TPSA) is 3.24 Å². The predicted octanol–water partition coefficient (Wildman–Crippen LogP) is 2.86. The van der Waals surface area contributed by atoms with Crippen molar-refractivity contribution in [3.63, 3.8) is 0 Å². The van der Waals surface area contributed by atoms with Crippen molar-refractivity contribution in [2.24, 2.45) is 0 Å². The molecular weight excluding hydrogens is 198 g/mol. The molecule has 0 heterocycles. The number of thiocarbonyl (C=S) groups is 1. The molecule has 0 aliphatic rings. The number of thioether (sulfide) groups is 1. The second kappa shape index (κ2) is 8.08. The third-order valence-electron chi connectivity index (χ3n) is 1.28. The van der Waals surface area contributed by atoms with Crippen molar-refractivity contribution in [2.75, 3.05) is 18.8 Å². The van der Waals surface area contributed by atoms with E-state index in [2.05, 4.69) is 19.7 Å². The van der Waals surface area contributed by atoms with Crippen LogP contribution in [0, 0.1) is 0 Å². The molecule has 0 amide bonds. The van der Waals surface area contributed by atoms with E-state index in [1.54, 1.807) is 11.8 Å². The van der Waals surface area contributed by atoms with Crippen LogP contribution in [0.4, 0.5) is 0 Å². The van der Waals surface area contributed by atoms with Crippen LogP contribution in [-0.4, -0.2) is 28.1 Å². The maximum atomic E-state index is 5.22. The van der Waals surface area contributed by atoms with Gasteiger partial charge in [-0.05, 0) is 0 Å². The van der Waals surface area contributed by atoms with Crippen molar-refractivity contribution in [2.45, 2.75) is 0 Å². The molecule has 0 aromatic rings. The SMILES string of the molecule is C=CCSC(=S)N(CC=C)CC=C. The van der Waals surface area contributed by atoms with E-state index in [4.69, 9.17) is 12.2 Å². The largest absolute Gasteiger partial charge is 0.350 e. The fourth-order valence-corrected chi connectivity index (χ4v) is 1.70. The molecule has 0 aromatic heterocycles. The highest BCUT2D eigenvalue weighted by atomic mass is 32.2. The quantitative estimate of drug-likeness (QED) is 0.493. The molecule has 0 rings (SSSR count). The molecule has 0 N–H and O–H groups in total. The Labute approximate surface area is 90.2 Å². The van der Waals surface area contributed by atoms with Gasteiger partial charge in [0.25, 0.3) is 0 Å². The lowest BCUT2D eigenvalue weighted by molar-refractivity contribution is 0.533. The molecule has 0 aromatic carbocycles. The summed E-state index contributed by atoms with van der Waals surface area (Å²) in [5.74, 6) is 0.851. The zero-order valence-electron chi connectivity index (χ0n) is 7.74. The van der Waals surface area contributed by atoms with Gasteiger partial charge in [-0.3, -0.25) is 0 Å². The summed E-state index contributed by atoms with van der Waals surface area (Å²) in [6, 6.07) is 0. The molecule has 0 bridgehead atoms. The first-order valence-corrected chi connectivity index (χ1v) is 5.40. The third-order valence-corrected chi connectivity index (χ3v) is 2.80. The van der Waals surface area contributed by atoms with E-state index >= 15 is 0 Å². The Morgan fingerprint density at radius 1 is 1.15 bits per heavy atom. The van der Waals surface area contributed by atoms with Gasteiger partial charge in [0.05, 0.1) is 0 Å². The Bertz CT molecular complexity index is 189. The second-order valence-corrected chi connectivity index (χ2v) is 4.00. The van der Waals surface area contributed by atoms with E-state index < -0.39 is 0 Å². The van der Waals surface area contributed by atoms with Crippen molar-refractivity contribution in [3.05, 3.63) is 38.0 Å². The van der Waals surface area contributed by atoms with Gasteiger partial charge in [-0.1, -0.05) is 42.2 Å². The summed E-state index contributed by atoms with van der Waals surface area (Å²) in [4.78, 5) is 2.05. The highest BCUT2D eigenvalue weighted by molar-refractivity contribution is 8.23. The summed E-state index contributed by atoms with van der Waals surface area (Å²) in [5.41, 5.74) is 0. The number of rotatable bonds is 6. The third kappa shape index (κ3) is 5.66. The van der Waals surface area contributed by atoms with Gasteiger partial charge in [0, 0.05) is 18.8 Å².